The van der Waals surface area contributed by atoms with Gasteiger partial charge < -0.3 is 10.4 Å². The number of nitro groups is 1. The Morgan fingerprint density at radius 2 is 2.29 bits per heavy atom. The Bertz CT molecular complexity index is 575. The molecule has 1 fully saturated rings. The van der Waals surface area contributed by atoms with Gasteiger partial charge in [0.05, 0.1) is 16.4 Å². The molecule has 0 spiro atoms. The molecule has 2 N–H and O–H groups in total. The van der Waals surface area contributed by atoms with E-state index in [0.29, 0.717) is 24.2 Å². The molecule has 2 unspecified atom stereocenters. The number of pyridine rings is 1. The molecular formula is C14H19N3O4. The normalized spacial score (nSPS) is 25.3. The average Bonchev–Trinajstić information content (AvgIpc) is 2.43. The first-order chi connectivity index (χ1) is 9.84. The van der Waals surface area contributed by atoms with E-state index < -0.39 is 16.3 Å². The highest BCUT2D eigenvalue weighted by Crippen LogP contribution is 2.38. The van der Waals surface area contributed by atoms with Crippen LogP contribution in [0, 0.1) is 22.5 Å². The fourth-order valence-corrected chi connectivity index (χ4v) is 2.79. The number of nitrogens with one attached hydrogen (secondary N) is 1. The van der Waals surface area contributed by atoms with E-state index in [0.717, 1.165) is 12.8 Å². The molecule has 0 aromatic carbocycles. The minimum Gasteiger partial charge on any atom is -0.481 e. The summed E-state index contributed by atoms with van der Waals surface area (Å²) in [4.78, 5) is 26.2. The number of anilines is 1. The molecule has 1 heterocycles. The lowest BCUT2D eigenvalue weighted by atomic mass is 9.71. The molecule has 1 saturated carbocycles. The molecule has 7 nitrogen and oxygen atoms in total. The van der Waals surface area contributed by atoms with Gasteiger partial charge in [0.2, 0.25) is 0 Å². The van der Waals surface area contributed by atoms with Crippen molar-refractivity contribution in [2.75, 3.05) is 5.32 Å². The van der Waals surface area contributed by atoms with Gasteiger partial charge in [-0.1, -0.05) is 12.8 Å². The molecule has 0 amide bonds. The highest BCUT2D eigenvalue weighted by Gasteiger charge is 2.43. The summed E-state index contributed by atoms with van der Waals surface area (Å²) in [6.45, 7) is 3.34. The highest BCUT2D eigenvalue weighted by atomic mass is 16.6. The third-order valence-corrected chi connectivity index (χ3v) is 4.29. The van der Waals surface area contributed by atoms with Crippen molar-refractivity contribution in [1.82, 2.24) is 4.98 Å². The van der Waals surface area contributed by atoms with Crippen molar-refractivity contribution in [2.45, 2.75) is 45.6 Å². The molecule has 2 atom stereocenters. The van der Waals surface area contributed by atoms with Gasteiger partial charge in [-0.2, -0.15) is 0 Å². The van der Waals surface area contributed by atoms with Gasteiger partial charge in [-0.15, -0.1) is 0 Å². The van der Waals surface area contributed by atoms with Gasteiger partial charge in [0, 0.05) is 17.8 Å². The van der Waals surface area contributed by atoms with Gasteiger partial charge >= 0.3 is 5.97 Å². The van der Waals surface area contributed by atoms with Crippen LogP contribution in [-0.2, 0) is 4.79 Å². The molecule has 114 valence electrons. The van der Waals surface area contributed by atoms with Crippen LogP contribution in [0.3, 0.4) is 0 Å². The summed E-state index contributed by atoms with van der Waals surface area (Å²) < 4.78 is 0. The van der Waals surface area contributed by atoms with E-state index in [9.17, 15) is 20.0 Å². The summed E-state index contributed by atoms with van der Waals surface area (Å²) in [7, 11) is 0. The van der Waals surface area contributed by atoms with Crippen LogP contribution in [0.15, 0.2) is 12.3 Å². The van der Waals surface area contributed by atoms with Crippen LogP contribution in [0.4, 0.5) is 11.5 Å². The lowest BCUT2D eigenvalue weighted by Gasteiger charge is -2.38. The largest absolute Gasteiger partial charge is 0.481 e. The zero-order valence-corrected chi connectivity index (χ0v) is 12.1. The first-order valence-electron chi connectivity index (χ1n) is 6.95. The van der Waals surface area contributed by atoms with E-state index in [1.807, 2.05) is 0 Å². The second-order valence-electron chi connectivity index (χ2n) is 5.78. The SMILES string of the molecule is Cc1cnc(NC2CCCCC2(C)C(=O)O)cc1[N+](=O)[O-]. The van der Waals surface area contributed by atoms with Gasteiger partial charge in [-0.25, -0.2) is 4.98 Å². The summed E-state index contributed by atoms with van der Waals surface area (Å²) in [5, 5.41) is 23.5. The van der Waals surface area contributed by atoms with Crippen molar-refractivity contribution in [3.8, 4) is 0 Å². The van der Waals surface area contributed by atoms with Crippen LogP contribution < -0.4 is 5.32 Å². The summed E-state index contributed by atoms with van der Waals surface area (Å²) in [6.07, 6.45) is 4.55. The number of aromatic nitrogens is 1. The molecule has 1 aliphatic carbocycles. The van der Waals surface area contributed by atoms with Crippen LogP contribution in [0.1, 0.15) is 38.2 Å². The van der Waals surface area contributed by atoms with Crippen LogP contribution in [0.5, 0.6) is 0 Å². The van der Waals surface area contributed by atoms with Crippen molar-refractivity contribution < 1.29 is 14.8 Å². The van der Waals surface area contributed by atoms with Gasteiger partial charge in [0.15, 0.2) is 0 Å². The molecule has 0 radical (unpaired) electrons. The summed E-state index contributed by atoms with van der Waals surface area (Å²) in [5.74, 6) is -0.493. The minimum atomic E-state index is -0.875. The zero-order valence-electron chi connectivity index (χ0n) is 12.1. The van der Waals surface area contributed by atoms with Crippen molar-refractivity contribution in [3.63, 3.8) is 0 Å². The van der Waals surface area contributed by atoms with Crippen LogP contribution >= 0.6 is 0 Å². The van der Waals surface area contributed by atoms with Crippen LogP contribution in [0.25, 0.3) is 0 Å². The Kier molecular flexibility index (Phi) is 4.11. The molecule has 2 rings (SSSR count). The predicted molar refractivity (Wildman–Crippen MR) is 77.2 cm³/mol. The smallest absolute Gasteiger partial charge is 0.311 e. The fourth-order valence-electron chi connectivity index (χ4n) is 2.79. The third kappa shape index (κ3) is 2.96. The van der Waals surface area contributed by atoms with Gasteiger partial charge in [-0.3, -0.25) is 14.9 Å². The number of carboxylic acid groups (broad SMARTS) is 1. The second kappa shape index (κ2) is 5.67. The first kappa shape index (κ1) is 15.2. The Balaban J connectivity index is 2.26. The number of hydrogen-bond acceptors (Lipinski definition) is 5. The number of rotatable bonds is 4. The maximum atomic E-state index is 11.5. The Morgan fingerprint density at radius 3 is 2.90 bits per heavy atom. The maximum absolute atomic E-state index is 11.5. The Morgan fingerprint density at radius 1 is 1.57 bits per heavy atom. The summed E-state index contributed by atoms with van der Waals surface area (Å²) in [6, 6.07) is 1.09. The second-order valence-corrected chi connectivity index (χ2v) is 5.78. The molecular weight excluding hydrogens is 274 g/mol. The zero-order chi connectivity index (χ0) is 15.6. The standard InChI is InChI=1S/C14H19N3O4/c1-9-8-15-12(7-10(9)17(20)21)16-11-5-3-4-6-14(11,2)13(18)19/h7-8,11H,3-6H2,1-2H3,(H,15,16)(H,18,19). The predicted octanol–water partition coefficient (Wildman–Crippen LogP) is 2.74. The lowest BCUT2D eigenvalue weighted by Crippen LogP contribution is -2.46. The van der Waals surface area contributed by atoms with Crippen molar-refractivity contribution in [2.24, 2.45) is 5.41 Å². The number of hydrogen-bond donors (Lipinski definition) is 2. The number of carbonyl (C=O) groups is 1. The van der Waals surface area contributed by atoms with Gasteiger partial charge in [-0.05, 0) is 26.7 Å². The van der Waals surface area contributed by atoms with E-state index in [1.54, 1.807) is 13.8 Å². The van der Waals surface area contributed by atoms with Crippen molar-refractivity contribution >= 4 is 17.5 Å². The van der Waals surface area contributed by atoms with E-state index in [2.05, 4.69) is 10.3 Å². The average molecular weight is 293 g/mol. The van der Waals surface area contributed by atoms with E-state index in [1.165, 1.54) is 12.3 Å². The van der Waals surface area contributed by atoms with Crippen molar-refractivity contribution in [3.05, 3.63) is 27.9 Å². The van der Waals surface area contributed by atoms with Crippen molar-refractivity contribution in [1.29, 1.82) is 0 Å². The number of aryl methyl sites for hydroxylation is 1. The number of aliphatic carboxylic acids is 1. The fraction of sp³-hybridized carbons (Fsp3) is 0.571. The van der Waals surface area contributed by atoms with E-state index >= 15 is 0 Å². The van der Waals surface area contributed by atoms with Crippen LogP contribution in [-0.4, -0.2) is 27.0 Å². The Labute approximate surface area is 122 Å². The quantitative estimate of drug-likeness (QED) is 0.653. The monoisotopic (exact) mass is 293 g/mol. The first-order valence-corrected chi connectivity index (χ1v) is 6.95. The third-order valence-electron chi connectivity index (χ3n) is 4.29. The molecule has 0 bridgehead atoms. The molecule has 1 aromatic rings. The molecule has 0 saturated heterocycles. The number of carboxylic acids is 1. The van der Waals surface area contributed by atoms with Gasteiger partial charge in [0.25, 0.3) is 5.69 Å². The molecule has 1 aromatic heterocycles. The highest BCUT2D eigenvalue weighted by molar-refractivity contribution is 5.76. The topological polar surface area (TPSA) is 105 Å². The molecule has 21 heavy (non-hydrogen) atoms. The maximum Gasteiger partial charge on any atom is 0.311 e. The molecule has 1 aliphatic rings. The lowest BCUT2D eigenvalue weighted by molar-refractivity contribution is -0.385. The minimum absolute atomic E-state index is 0.0136. The number of nitrogens with zero attached hydrogens (tertiary/aromatic N) is 2. The molecule has 0 aliphatic heterocycles. The van der Waals surface area contributed by atoms with E-state index in [4.69, 9.17) is 0 Å². The summed E-state index contributed by atoms with van der Waals surface area (Å²) >= 11 is 0. The van der Waals surface area contributed by atoms with E-state index in [-0.39, 0.29) is 11.7 Å². The van der Waals surface area contributed by atoms with Crippen LogP contribution in [0.2, 0.25) is 0 Å². The van der Waals surface area contributed by atoms with Gasteiger partial charge in [0.1, 0.15) is 5.82 Å². The molecule has 7 heteroatoms. The summed E-state index contributed by atoms with van der Waals surface area (Å²) in [5.41, 5.74) is -0.407. The Hall–Kier alpha value is -2.18.